The molecule has 1 heterocycles. The van der Waals surface area contributed by atoms with E-state index in [1.165, 1.54) is 18.3 Å². The Morgan fingerprint density at radius 1 is 1.73 bits per heavy atom. The summed E-state index contributed by atoms with van der Waals surface area (Å²) in [7, 11) is 0. The molecule has 1 rings (SSSR count). The summed E-state index contributed by atoms with van der Waals surface area (Å²) >= 11 is 3.10. The second kappa shape index (κ2) is 2.87. The second-order valence-corrected chi connectivity index (χ2v) is 2.84. The molecule has 4 nitrogen and oxygen atoms in total. The number of hydrogen-bond acceptors (Lipinski definition) is 2. The maximum absolute atomic E-state index is 10.8. The van der Waals surface area contributed by atoms with Crippen LogP contribution in [0.4, 0.5) is 0 Å². The monoisotopic (exact) mass is 216 g/mol. The van der Waals surface area contributed by atoms with Crippen LogP contribution in [0.25, 0.3) is 0 Å². The Morgan fingerprint density at radius 3 is 2.82 bits per heavy atom. The zero-order valence-electron chi connectivity index (χ0n) is 5.45. The zero-order valence-corrected chi connectivity index (χ0v) is 7.04. The molecule has 1 aromatic heterocycles. The molecular formula is C6H5BrN2O2. The highest BCUT2D eigenvalue weighted by Crippen LogP contribution is 2.07. The summed E-state index contributed by atoms with van der Waals surface area (Å²) in [5.74, 6) is -0.735. The van der Waals surface area contributed by atoms with Gasteiger partial charge in [0.1, 0.15) is 0 Å². The summed E-state index contributed by atoms with van der Waals surface area (Å²) in [5, 5.41) is 10.8. The van der Waals surface area contributed by atoms with E-state index < -0.39 is 5.91 Å². The fourth-order valence-electron chi connectivity index (χ4n) is 0.641. The third kappa shape index (κ3) is 1.68. The molecule has 0 saturated heterocycles. The first-order valence-corrected chi connectivity index (χ1v) is 3.59. The van der Waals surface area contributed by atoms with Crippen molar-refractivity contribution in [3.8, 4) is 0 Å². The zero-order chi connectivity index (χ0) is 8.43. The highest BCUT2D eigenvalue weighted by atomic mass is 79.9. The molecule has 0 aromatic carbocycles. The molecular weight excluding hydrogens is 212 g/mol. The molecule has 0 aliphatic heterocycles. The first-order valence-electron chi connectivity index (χ1n) is 2.80. The number of pyridine rings is 1. The summed E-state index contributed by atoms with van der Waals surface area (Å²) in [6.07, 6.45) is 1.21. The Balaban J connectivity index is 3.23. The highest BCUT2D eigenvalue weighted by Gasteiger charge is 2.11. The third-order valence-electron chi connectivity index (χ3n) is 1.13. The van der Waals surface area contributed by atoms with Crippen LogP contribution >= 0.6 is 15.9 Å². The van der Waals surface area contributed by atoms with Gasteiger partial charge in [0.05, 0.1) is 0 Å². The summed E-state index contributed by atoms with van der Waals surface area (Å²) in [6, 6.07) is 2.90. The van der Waals surface area contributed by atoms with Gasteiger partial charge in [-0.3, -0.25) is 4.79 Å². The molecule has 58 valence electrons. The standard InChI is InChI=1S/C6H5BrN2O2/c7-4-1-2-9(11)5(3-4)6(8)10/h1-3H,(H2,8,10). The van der Waals surface area contributed by atoms with Crippen molar-refractivity contribution < 1.29 is 9.52 Å². The van der Waals surface area contributed by atoms with Crippen molar-refractivity contribution in [3.05, 3.63) is 33.7 Å². The lowest BCUT2D eigenvalue weighted by atomic mass is 10.3. The van der Waals surface area contributed by atoms with Crippen molar-refractivity contribution in [1.29, 1.82) is 0 Å². The summed E-state index contributed by atoms with van der Waals surface area (Å²) in [4.78, 5) is 10.6. The lowest BCUT2D eigenvalue weighted by molar-refractivity contribution is -0.607. The van der Waals surface area contributed by atoms with E-state index in [9.17, 15) is 10.0 Å². The number of carbonyl (C=O) groups is 1. The Labute approximate surface area is 71.3 Å². The lowest BCUT2D eigenvalue weighted by Crippen LogP contribution is -2.36. The Bertz CT molecular complexity index is 301. The smallest absolute Gasteiger partial charge is 0.314 e. The van der Waals surface area contributed by atoms with Gasteiger partial charge in [-0.2, -0.15) is 4.73 Å². The molecule has 0 unspecified atom stereocenters. The molecule has 0 atom stereocenters. The lowest BCUT2D eigenvalue weighted by Gasteiger charge is -1.99. The molecule has 1 amide bonds. The fraction of sp³-hybridized carbons (Fsp3) is 0. The topological polar surface area (TPSA) is 70.0 Å². The van der Waals surface area contributed by atoms with Gasteiger partial charge >= 0.3 is 5.91 Å². The van der Waals surface area contributed by atoms with Crippen LogP contribution in [0.2, 0.25) is 0 Å². The summed E-state index contributed by atoms with van der Waals surface area (Å²) in [6.45, 7) is 0. The van der Waals surface area contributed by atoms with Gasteiger partial charge in [0.25, 0.3) is 5.69 Å². The van der Waals surface area contributed by atoms with E-state index >= 15 is 0 Å². The van der Waals surface area contributed by atoms with Crippen LogP contribution in [-0.4, -0.2) is 5.91 Å². The van der Waals surface area contributed by atoms with Crippen LogP contribution in [0.3, 0.4) is 0 Å². The van der Waals surface area contributed by atoms with Crippen LogP contribution in [0.15, 0.2) is 22.8 Å². The molecule has 0 bridgehead atoms. The minimum Gasteiger partial charge on any atom is -0.618 e. The van der Waals surface area contributed by atoms with Gasteiger partial charge in [-0.15, -0.1) is 0 Å². The number of primary amides is 1. The predicted molar refractivity (Wildman–Crippen MR) is 41.6 cm³/mol. The van der Waals surface area contributed by atoms with Crippen molar-refractivity contribution in [2.24, 2.45) is 5.73 Å². The molecule has 0 radical (unpaired) electrons. The number of nitrogens with two attached hydrogens (primary N) is 1. The van der Waals surface area contributed by atoms with E-state index in [4.69, 9.17) is 5.73 Å². The van der Waals surface area contributed by atoms with Crippen LogP contribution < -0.4 is 10.5 Å². The quantitative estimate of drug-likeness (QED) is 0.538. The van der Waals surface area contributed by atoms with Crippen molar-refractivity contribution in [2.75, 3.05) is 0 Å². The van der Waals surface area contributed by atoms with Gasteiger partial charge in [-0.1, -0.05) is 15.9 Å². The van der Waals surface area contributed by atoms with Crippen molar-refractivity contribution in [1.82, 2.24) is 0 Å². The molecule has 11 heavy (non-hydrogen) atoms. The Kier molecular flexibility index (Phi) is 2.09. The summed E-state index contributed by atoms with van der Waals surface area (Å²) < 4.78 is 1.08. The highest BCUT2D eigenvalue weighted by molar-refractivity contribution is 9.10. The van der Waals surface area contributed by atoms with E-state index in [1.54, 1.807) is 0 Å². The predicted octanol–water partition coefficient (Wildman–Crippen LogP) is 0.181. The Morgan fingerprint density at radius 2 is 2.36 bits per heavy atom. The largest absolute Gasteiger partial charge is 0.618 e. The van der Waals surface area contributed by atoms with E-state index in [-0.39, 0.29) is 5.69 Å². The van der Waals surface area contributed by atoms with Gasteiger partial charge < -0.3 is 10.9 Å². The van der Waals surface area contributed by atoms with E-state index in [1.807, 2.05) is 0 Å². The number of hydrogen-bond donors (Lipinski definition) is 1. The van der Waals surface area contributed by atoms with Crippen LogP contribution in [-0.2, 0) is 0 Å². The number of rotatable bonds is 1. The van der Waals surface area contributed by atoms with Gasteiger partial charge in [0, 0.05) is 16.6 Å². The normalized spacial score (nSPS) is 9.55. The minimum absolute atomic E-state index is 0.0700. The summed E-state index contributed by atoms with van der Waals surface area (Å²) in [5.41, 5.74) is 4.83. The SMILES string of the molecule is NC(=O)c1cc(Br)cc[n+]1[O-]. The molecule has 0 aliphatic carbocycles. The van der Waals surface area contributed by atoms with Crippen LogP contribution in [0.1, 0.15) is 10.5 Å². The van der Waals surface area contributed by atoms with Crippen LogP contribution in [0.5, 0.6) is 0 Å². The number of halogens is 1. The molecule has 5 heteroatoms. The molecule has 0 aliphatic rings. The molecule has 1 aromatic rings. The maximum atomic E-state index is 10.8. The second-order valence-electron chi connectivity index (χ2n) is 1.92. The number of aromatic nitrogens is 1. The van der Waals surface area contributed by atoms with E-state index in [0.29, 0.717) is 9.20 Å². The van der Waals surface area contributed by atoms with Crippen molar-refractivity contribution >= 4 is 21.8 Å². The van der Waals surface area contributed by atoms with Crippen molar-refractivity contribution in [3.63, 3.8) is 0 Å². The molecule has 0 saturated carbocycles. The molecule has 0 fully saturated rings. The van der Waals surface area contributed by atoms with E-state index in [0.717, 1.165) is 0 Å². The van der Waals surface area contributed by atoms with Crippen LogP contribution in [0, 0.1) is 5.21 Å². The fourth-order valence-corrected chi connectivity index (χ4v) is 0.976. The number of amides is 1. The van der Waals surface area contributed by atoms with Gasteiger partial charge in [-0.25, -0.2) is 0 Å². The maximum Gasteiger partial charge on any atom is 0.314 e. The Hall–Kier alpha value is -1.10. The van der Waals surface area contributed by atoms with Gasteiger partial charge in [0.2, 0.25) is 0 Å². The average molecular weight is 217 g/mol. The molecule has 0 spiro atoms. The number of nitrogens with zero attached hydrogens (tertiary/aromatic N) is 1. The van der Waals surface area contributed by atoms with E-state index in [2.05, 4.69) is 15.9 Å². The number of carbonyl (C=O) groups excluding carboxylic acids is 1. The van der Waals surface area contributed by atoms with Crippen molar-refractivity contribution in [2.45, 2.75) is 0 Å². The van der Waals surface area contributed by atoms with Gasteiger partial charge in [0.15, 0.2) is 6.20 Å². The minimum atomic E-state index is -0.735. The first kappa shape index (κ1) is 8.00. The average Bonchev–Trinajstić information content (AvgIpc) is 1.94. The molecule has 2 N–H and O–H groups in total. The third-order valence-corrected chi connectivity index (χ3v) is 1.63. The van der Waals surface area contributed by atoms with Gasteiger partial charge in [-0.05, 0) is 0 Å². The first-order chi connectivity index (χ1) is 5.11.